The molecule has 6 heteroatoms. The quantitative estimate of drug-likeness (QED) is 0.889. The van der Waals surface area contributed by atoms with Crippen molar-refractivity contribution in [3.05, 3.63) is 59.4 Å². The van der Waals surface area contributed by atoms with Crippen molar-refractivity contribution in [1.82, 2.24) is 10.3 Å². The maximum atomic E-state index is 12.3. The van der Waals surface area contributed by atoms with E-state index in [0.29, 0.717) is 11.3 Å². The normalized spacial score (nSPS) is 10.0. The number of aryl methyl sites for hydroxylation is 1. The fourth-order valence-electron chi connectivity index (χ4n) is 1.98. The van der Waals surface area contributed by atoms with Crippen LogP contribution in [0.15, 0.2) is 42.6 Å². The Morgan fingerprint density at radius 3 is 2.57 bits per heavy atom. The van der Waals surface area contributed by atoms with Gasteiger partial charge in [0.05, 0.1) is 19.3 Å². The number of nitrogens with one attached hydrogen (secondary N) is 2. The monoisotopic (exact) mass is 313 g/mol. The zero-order valence-corrected chi connectivity index (χ0v) is 13.1. The Hall–Kier alpha value is -2.89. The molecule has 2 aromatic rings. The molecule has 6 nitrogen and oxygen atoms in total. The number of amides is 2. The molecular weight excluding hydrogens is 294 g/mol. The zero-order chi connectivity index (χ0) is 16.7. The van der Waals surface area contributed by atoms with Crippen molar-refractivity contribution >= 4 is 17.7 Å². The highest BCUT2D eigenvalue weighted by atomic mass is 16.5. The average molecular weight is 313 g/mol. The van der Waals surface area contributed by atoms with Gasteiger partial charge < -0.3 is 15.4 Å². The van der Waals surface area contributed by atoms with Crippen LogP contribution in [-0.4, -0.2) is 24.1 Å². The summed E-state index contributed by atoms with van der Waals surface area (Å²) in [6.45, 7) is 2.27. The number of hydrogen-bond donors (Lipinski definition) is 2. The third-order valence-electron chi connectivity index (χ3n) is 3.30. The van der Waals surface area contributed by atoms with Crippen molar-refractivity contribution in [1.29, 1.82) is 0 Å². The van der Waals surface area contributed by atoms with E-state index in [4.69, 9.17) is 0 Å². The lowest BCUT2D eigenvalue weighted by Gasteiger charge is -2.08. The van der Waals surface area contributed by atoms with E-state index in [1.54, 1.807) is 12.1 Å². The molecule has 0 saturated heterocycles. The summed E-state index contributed by atoms with van der Waals surface area (Å²) >= 11 is 0. The number of ether oxygens (including phenoxy) is 1. The topological polar surface area (TPSA) is 80.3 Å². The first kappa shape index (κ1) is 16.5. The van der Waals surface area contributed by atoms with Crippen molar-refractivity contribution < 1.29 is 14.3 Å². The Balaban J connectivity index is 2.02. The first-order valence-electron chi connectivity index (χ1n) is 7.29. The molecule has 1 aromatic carbocycles. The minimum absolute atomic E-state index is 0.193. The molecule has 0 radical (unpaired) electrons. The SMILES string of the molecule is CCc1ccc(NC(=O)c2ccnc(CNC(=O)OC)c2)cc1. The summed E-state index contributed by atoms with van der Waals surface area (Å²) in [5.41, 5.74) is 2.99. The Labute approximate surface area is 134 Å². The van der Waals surface area contributed by atoms with Gasteiger partial charge in [-0.15, -0.1) is 0 Å². The highest BCUT2D eigenvalue weighted by Gasteiger charge is 2.08. The number of pyridine rings is 1. The van der Waals surface area contributed by atoms with Gasteiger partial charge in [-0.25, -0.2) is 4.79 Å². The van der Waals surface area contributed by atoms with Crippen molar-refractivity contribution in [3.63, 3.8) is 0 Å². The minimum Gasteiger partial charge on any atom is -0.453 e. The average Bonchev–Trinajstić information content (AvgIpc) is 2.60. The van der Waals surface area contributed by atoms with Crippen LogP contribution in [0.5, 0.6) is 0 Å². The highest BCUT2D eigenvalue weighted by molar-refractivity contribution is 6.04. The summed E-state index contributed by atoms with van der Waals surface area (Å²) in [5, 5.41) is 5.36. The van der Waals surface area contributed by atoms with Crippen LogP contribution in [-0.2, 0) is 17.7 Å². The number of benzene rings is 1. The summed E-state index contributed by atoms with van der Waals surface area (Å²) in [6.07, 6.45) is 1.94. The maximum Gasteiger partial charge on any atom is 0.407 e. The lowest BCUT2D eigenvalue weighted by molar-refractivity contribution is 0.102. The van der Waals surface area contributed by atoms with Gasteiger partial charge >= 0.3 is 6.09 Å². The molecule has 0 aliphatic rings. The van der Waals surface area contributed by atoms with E-state index >= 15 is 0 Å². The third-order valence-corrected chi connectivity index (χ3v) is 3.30. The molecule has 2 rings (SSSR count). The first-order valence-corrected chi connectivity index (χ1v) is 7.29. The number of carbonyl (C=O) groups is 2. The summed E-state index contributed by atoms with van der Waals surface area (Å²) in [7, 11) is 1.29. The van der Waals surface area contributed by atoms with Crippen LogP contribution in [0.4, 0.5) is 10.5 Å². The van der Waals surface area contributed by atoms with E-state index < -0.39 is 6.09 Å². The van der Waals surface area contributed by atoms with E-state index in [1.807, 2.05) is 24.3 Å². The van der Waals surface area contributed by atoms with Gasteiger partial charge in [0.1, 0.15) is 0 Å². The van der Waals surface area contributed by atoms with Crippen LogP contribution in [0.3, 0.4) is 0 Å². The van der Waals surface area contributed by atoms with Crippen molar-refractivity contribution in [2.75, 3.05) is 12.4 Å². The maximum absolute atomic E-state index is 12.3. The van der Waals surface area contributed by atoms with Gasteiger partial charge in [0.2, 0.25) is 0 Å². The number of methoxy groups -OCH3 is 1. The Morgan fingerprint density at radius 1 is 1.17 bits per heavy atom. The second-order valence-corrected chi connectivity index (χ2v) is 4.89. The van der Waals surface area contributed by atoms with Crippen molar-refractivity contribution in [2.45, 2.75) is 19.9 Å². The molecule has 0 aliphatic carbocycles. The summed E-state index contributed by atoms with van der Waals surface area (Å²) in [6, 6.07) is 11.0. The van der Waals surface area contributed by atoms with Gasteiger partial charge in [0.15, 0.2) is 0 Å². The minimum atomic E-state index is -0.544. The van der Waals surface area contributed by atoms with Crippen molar-refractivity contribution in [2.24, 2.45) is 0 Å². The largest absolute Gasteiger partial charge is 0.453 e. The van der Waals surface area contributed by atoms with Gasteiger partial charge in [-0.1, -0.05) is 19.1 Å². The fourth-order valence-corrected chi connectivity index (χ4v) is 1.98. The van der Waals surface area contributed by atoms with Crippen LogP contribution in [0, 0.1) is 0 Å². The molecule has 23 heavy (non-hydrogen) atoms. The van der Waals surface area contributed by atoms with Crippen LogP contribution in [0.25, 0.3) is 0 Å². The summed E-state index contributed by atoms with van der Waals surface area (Å²) < 4.78 is 4.49. The standard InChI is InChI=1S/C17H19N3O3/c1-3-12-4-6-14(7-5-12)20-16(21)13-8-9-18-15(10-13)11-19-17(22)23-2/h4-10H,3,11H2,1-2H3,(H,19,22)(H,20,21). The number of hydrogen-bond acceptors (Lipinski definition) is 4. The Morgan fingerprint density at radius 2 is 1.91 bits per heavy atom. The lowest BCUT2D eigenvalue weighted by atomic mass is 10.1. The van der Waals surface area contributed by atoms with Crippen LogP contribution >= 0.6 is 0 Å². The second kappa shape index (κ2) is 7.93. The molecule has 0 fully saturated rings. The molecule has 0 aliphatic heterocycles. The number of rotatable bonds is 5. The van der Waals surface area contributed by atoms with E-state index in [9.17, 15) is 9.59 Å². The van der Waals surface area contributed by atoms with E-state index in [0.717, 1.165) is 12.1 Å². The molecule has 0 bridgehead atoms. The molecule has 0 unspecified atom stereocenters. The summed E-state index contributed by atoms with van der Waals surface area (Å²) in [5.74, 6) is -0.226. The number of aromatic nitrogens is 1. The molecule has 120 valence electrons. The number of alkyl carbamates (subject to hydrolysis) is 1. The van der Waals surface area contributed by atoms with Crippen molar-refractivity contribution in [3.8, 4) is 0 Å². The predicted molar refractivity (Wildman–Crippen MR) is 87.3 cm³/mol. The molecule has 2 N–H and O–H groups in total. The Kier molecular flexibility index (Phi) is 5.68. The van der Waals surface area contributed by atoms with Crippen LogP contribution < -0.4 is 10.6 Å². The first-order chi connectivity index (χ1) is 11.1. The zero-order valence-electron chi connectivity index (χ0n) is 13.1. The molecule has 0 spiro atoms. The molecule has 2 amide bonds. The number of anilines is 1. The second-order valence-electron chi connectivity index (χ2n) is 4.89. The van der Waals surface area contributed by atoms with E-state index in [-0.39, 0.29) is 12.5 Å². The smallest absolute Gasteiger partial charge is 0.407 e. The number of carbonyl (C=O) groups excluding carboxylic acids is 2. The Bertz CT molecular complexity index is 684. The van der Waals surface area contributed by atoms with Gasteiger partial charge in [-0.05, 0) is 36.2 Å². The van der Waals surface area contributed by atoms with E-state index in [2.05, 4.69) is 27.3 Å². The predicted octanol–water partition coefficient (Wildman–Crippen LogP) is 2.75. The van der Waals surface area contributed by atoms with Gasteiger partial charge in [-0.3, -0.25) is 9.78 Å². The number of nitrogens with zero attached hydrogens (tertiary/aromatic N) is 1. The van der Waals surface area contributed by atoms with Crippen LogP contribution in [0.1, 0.15) is 28.5 Å². The van der Waals surface area contributed by atoms with Gasteiger partial charge in [0.25, 0.3) is 5.91 Å². The molecule has 0 atom stereocenters. The van der Waals surface area contributed by atoms with Gasteiger partial charge in [0, 0.05) is 17.4 Å². The molecule has 1 heterocycles. The summed E-state index contributed by atoms with van der Waals surface area (Å²) in [4.78, 5) is 27.4. The molecular formula is C17H19N3O3. The van der Waals surface area contributed by atoms with Gasteiger partial charge in [-0.2, -0.15) is 0 Å². The highest BCUT2D eigenvalue weighted by Crippen LogP contribution is 2.12. The van der Waals surface area contributed by atoms with Crippen LogP contribution in [0.2, 0.25) is 0 Å². The van der Waals surface area contributed by atoms with E-state index in [1.165, 1.54) is 18.9 Å². The molecule has 0 saturated carbocycles. The third kappa shape index (κ3) is 4.81. The molecule has 1 aromatic heterocycles. The fraction of sp³-hybridized carbons (Fsp3) is 0.235. The lowest BCUT2D eigenvalue weighted by Crippen LogP contribution is -2.23.